The second-order valence-corrected chi connectivity index (χ2v) is 4.46. The molecule has 1 heterocycles. The second kappa shape index (κ2) is 5.67. The smallest absolute Gasteiger partial charge is 0.145 e. The molecule has 0 atom stereocenters. The molecule has 5 heteroatoms. The molecule has 3 nitrogen and oxygen atoms in total. The summed E-state index contributed by atoms with van der Waals surface area (Å²) in [6.07, 6.45) is 0. The Morgan fingerprint density at radius 1 is 1.41 bits per heavy atom. The van der Waals surface area contributed by atoms with Crippen molar-refractivity contribution in [1.82, 2.24) is 10.2 Å². The zero-order valence-electron chi connectivity index (χ0n) is 9.80. The molecule has 0 spiro atoms. The minimum absolute atomic E-state index is 0.0696. The van der Waals surface area contributed by atoms with E-state index in [4.69, 9.17) is 16.3 Å². The number of halogens is 2. The summed E-state index contributed by atoms with van der Waals surface area (Å²) in [5.74, 6) is 0.0118. The fraction of sp³-hybridized carbons (Fsp3) is 0.500. The van der Waals surface area contributed by atoms with E-state index in [1.165, 1.54) is 13.2 Å². The predicted molar refractivity (Wildman–Crippen MR) is 66.1 cm³/mol. The predicted octanol–water partition coefficient (Wildman–Crippen LogP) is 1.89. The third kappa shape index (κ3) is 2.89. The number of nitrogens with zero attached hydrogens (tertiary/aromatic N) is 1. The van der Waals surface area contributed by atoms with Gasteiger partial charge in [0.2, 0.25) is 0 Å². The number of ether oxygens (including phenoxy) is 1. The van der Waals surface area contributed by atoms with E-state index in [0.29, 0.717) is 5.75 Å². The Bertz CT molecular complexity index is 394. The number of hydrogen-bond acceptors (Lipinski definition) is 3. The van der Waals surface area contributed by atoms with Gasteiger partial charge in [-0.1, -0.05) is 17.7 Å². The maximum Gasteiger partial charge on any atom is 0.145 e. The number of rotatable bonds is 3. The van der Waals surface area contributed by atoms with Crippen LogP contribution in [0.25, 0.3) is 0 Å². The number of hydrogen-bond donors (Lipinski definition) is 1. The van der Waals surface area contributed by atoms with E-state index in [1.807, 2.05) is 0 Å². The molecule has 0 amide bonds. The van der Waals surface area contributed by atoms with Crippen LogP contribution < -0.4 is 10.1 Å². The standard InChI is InChI=1S/C12H16ClFN2O/c1-17-12-9(2-3-10(14)11(12)13)8-16-6-4-15-5-7-16/h2-3,15H,4-8H2,1H3. The SMILES string of the molecule is COc1c(CN2CCNCC2)ccc(F)c1Cl. The maximum absolute atomic E-state index is 13.3. The highest BCUT2D eigenvalue weighted by Gasteiger charge is 2.16. The van der Waals surface area contributed by atoms with Gasteiger partial charge in [0, 0.05) is 38.3 Å². The van der Waals surface area contributed by atoms with Crippen LogP contribution in [0.5, 0.6) is 5.75 Å². The average Bonchev–Trinajstić information content (AvgIpc) is 2.36. The molecule has 17 heavy (non-hydrogen) atoms. The zero-order valence-corrected chi connectivity index (χ0v) is 10.6. The van der Waals surface area contributed by atoms with E-state index in [-0.39, 0.29) is 5.02 Å². The largest absolute Gasteiger partial charge is 0.495 e. The quantitative estimate of drug-likeness (QED) is 0.896. The highest BCUT2D eigenvalue weighted by molar-refractivity contribution is 6.32. The first-order valence-electron chi connectivity index (χ1n) is 5.66. The summed E-state index contributed by atoms with van der Waals surface area (Å²) in [7, 11) is 1.52. The Morgan fingerprint density at radius 3 is 2.76 bits per heavy atom. The molecule has 94 valence electrons. The highest BCUT2D eigenvalue weighted by Crippen LogP contribution is 2.31. The average molecular weight is 259 g/mol. The summed E-state index contributed by atoms with van der Waals surface area (Å²) in [4.78, 5) is 2.29. The molecule has 1 aliphatic rings. The minimum atomic E-state index is -0.437. The number of piperazine rings is 1. The third-order valence-electron chi connectivity index (χ3n) is 2.94. The van der Waals surface area contributed by atoms with E-state index in [9.17, 15) is 4.39 Å². The number of nitrogens with one attached hydrogen (secondary N) is 1. The molecule has 0 radical (unpaired) electrons. The molecule has 0 bridgehead atoms. The van der Waals surface area contributed by atoms with Crippen molar-refractivity contribution in [2.75, 3.05) is 33.3 Å². The molecular formula is C12H16ClFN2O. The first kappa shape index (κ1) is 12.6. The Hall–Kier alpha value is -0.840. The van der Waals surface area contributed by atoms with Crippen LogP contribution in [0.4, 0.5) is 4.39 Å². The van der Waals surface area contributed by atoms with Crippen molar-refractivity contribution in [3.63, 3.8) is 0 Å². The van der Waals surface area contributed by atoms with Crippen LogP contribution in [-0.4, -0.2) is 38.2 Å². The van der Waals surface area contributed by atoms with E-state index in [0.717, 1.165) is 38.3 Å². The summed E-state index contributed by atoms with van der Waals surface area (Å²) in [6.45, 7) is 4.68. The van der Waals surface area contributed by atoms with Crippen molar-refractivity contribution in [1.29, 1.82) is 0 Å². The van der Waals surface area contributed by atoms with Crippen molar-refractivity contribution in [2.24, 2.45) is 0 Å². The topological polar surface area (TPSA) is 24.5 Å². The highest BCUT2D eigenvalue weighted by atomic mass is 35.5. The Labute approximate surface area is 106 Å². The molecule has 0 aliphatic carbocycles. The molecule has 1 aliphatic heterocycles. The molecule has 0 unspecified atom stereocenters. The van der Waals surface area contributed by atoms with Gasteiger partial charge in [0.25, 0.3) is 0 Å². The van der Waals surface area contributed by atoms with Crippen molar-refractivity contribution in [2.45, 2.75) is 6.54 Å². The van der Waals surface area contributed by atoms with Crippen LogP contribution in [0.3, 0.4) is 0 Å². The van der Waals surface area contributed by atoms with Gasteiger partial charge in [-0.15, -0.1) is 0 Å². The third-order valence-corrected chi connectivity index (χ3v) is 3.29. The van der Waals surface area contributed by atoms with Crippen molar-refractivity contribution < 1.29 is 9.13 Å². The van der Waals surface area contributed by atoms with Crippen LogP contribution in [0, 0.1) is 5.82 Å². The summed E-state index contributed by atoms with van der Waals surface area (Å²) in [5, 5.41) is 3.36. The first-order valence-corrected chi connectivity index (χ1v) is 6.04. The normalized spacial score (nSPS) is 17.1. The van der Waals surface area contributed by atoms with Gasteiger partial charge in [0.05, 0.1) is 7.11 Å². The zero-order chi connectivity index (χ0) is 12.3. The van der Waals surface area contributed by atoms with Gasteiger partial charge in [-0.2, -0.15) is 0 Å². The lowest BCUT2D eigenvalue weighted by atomic mass is 10.1. The molecule has 2 rings (SSSR count). The molecule has 1 aromatic carbocycles. The van der Waals surface area contributed by atoms with E-state index >= 15 is 0 Å². The summed E-state index contributed by atoms with van der Waals surface area (Å²) in [5.41, 5.74) is 0.931. The molecule has 1 saturated heterocycles. The van der Waals surface area contributed by atoms with Crippen LogP contribution in [-0.2, 0) is 6.54 Å². The molecule has 0 saturated carbocycles. The molecular weight excluding hydrogens is 243 g/mol. The van der Waals surface area contributed by atoms with E-state index in [2.05, 4.69) is 10.2 Å². The molecule has 1 N–H and O–H groups in total. The lowest BCUT2D eigenvalue weighted by Gasteiger charge is -2.27. The van der Waals surface area contributed by atoms with Gasteiger partial charge in [-0.05, 0) is 6.07 Å². The van der Waals surface area contributed by atoms with Crippen LogP contribution in [0.15, 0.2) is 12.1 Å². The van der Waals surface area contributed by atoms with Gasteiger partial charge in [0.1, 0.15) is 16.6 Å². The van der Waals surface area contributed by atoms with Crippen LogP contribution >= 0.6 is 11.6 Å². The first-order chi connectivity index (χ1) is 8.22. The monoisotopic (exact) mass is 258 g/mol. The van der Waals surface area contributed by atoms with Gasteiger partial charge in [0.15, 0.2) is 0 Å². The van der Waals surface area contributed by atoms with Gasteiger partial charge >= 0.3 is 0 Å². The van der Waals surface area contributed by atoms with E-state index < -0.39 is 5.82 Å². The molecule has 0 aromatic heterocycles. The Kier molecular flexibility index (Phi) is 4.20. The van der Waals surface area contributed by atoms with Crippen molar-refractivity contribution in [3.05, 3.63) is 28.5 Å². The fourth-order valence-corrected chi connectivity index (χ4v) is 2.29. The number of methoxy groups -OCH3 is 1. The maximum atomic E-state index is 13.3. The summed E-state index contributed by atoms with van der Waals surface area (Å²) in [6, 6.07) is 3.13. The lowest BCUT2D eigenvalue weighted by Crippen LogP contribution is -2.42. The van der Waals surface area contributed by atoms with Crippen molar-refractivity contribution >= 4 is 11.6 Å². The minimum Gasteiger partial charge on any atom is -0.495 e. The fourth-order valence-electron chi connectivity index (χ4n) is 2.03. The van der Waals surface area contributed by atoms with Crippen LogP contribution in [0.1, 0.15) is 5.56 Å². The lowest BCUT2D eigenvalue weighted by molar-refractivity contribution is 0.230. The van der Waals surface area contributed by atoms with E-state index in [1.54, 1.807) is 6.07 Å². The summed E-state index contributed by atoms with van der Waals surface area (Å²) >= 11 is 5.89. The van der Waals surface area contributed by atoms with Gasteiger partial charge in [-0.25, -0.2) is 4.39 Å². The van der Waals surface area contributed by atoms with Gasteiger partial charge < -0.3 is 10.1 Å². The Morgan fingerprint density at radius 2 is 2.12 bits per heavy atom. The number of benzene rings is 1. The van der Waals surface area contributed by atoms with Crippen LogP contribution in [0.2, 0.25) is 5.02 Å². The molecule has 1 fully saturated rings. The Balaban J connectivity index is 2.17. The molecule has 1 aromatic rings. The second-order valence-electron chi connectivity index (χ2n) is 4.08. The summed E-state index contributed by atoms with van der Waals surface area (Å²) < 4.78 is 18.5. The van der Waals surface area contributed by atoms with Crippen molar-refractivity contribution in [3.8, 4) is 5.75 Å². The van der Waals surface area contributed by atoms with Gasteiger partial charge in [-0.3, -0.25) is 4.90 Å².